The molecule has 0 unspecified atom stereocenters. The summed E-state index contributed by atoms with van der Waals surface area (Å²) in [5, 5.41) is 3.53. The van der Waals surface area contributed by atoms with E-state index in [4.69, 9.17) is 10.5 Å². The van der Waals surface area contributed by atoms with Crippen molar-refractivity contribution < 1.29 is 23.5 Å². The molecule has 0 saturated heterocycles. The first kappa shape index (κ1) is 29.5. The number of nitrogens with one attached hydrogen (secondary N) is 2. The first-order valence-electron chi connectivity index (χ1n) is 14.3. The number of carbonyl (C=O) groups excluding carboxylic acids is 3. The quantitative estimate of drug-likeness (QED) is 0.174. The molecule has 1 aliphatic rings. The molecule has 2 heterocycles. The molecule has 228 valence electrons. The number of benzene rings is 3. The molecule has 0 aliphatic heterocycles. The fraction of sp³-hybridized carbons (Fsp3) is 0.176. The number of primary amides is 1. The standard InChI is InChI=1S/C34H31FN6O4/c1-40(2)20-21-4-3-5-23(18-21)38-31(42)28-19-27-29(14-17-37-30(27)39-28)45-26-12-10-25(11-13-26)41(24-8-6-22(35)7-9-24)33(44)34(15-16-34)32(36)43/h3-14,17-19H,15-16,20H2,1-2H3,(H2,36,43)(H,37,39)(H,38,42). The van der Waals surface area contributed by atoms with E-state index in [-0.39, 0.29) is 5.91 Å². The highest BCUT2D eigenvalue weighted by Crippen LogP contribution is 2.49. The minimum Gasteiger partial charge on any atom is -0.457 e. The summed E-state index contributed by atoms with van der Waals surface area (Å²) in [7, 11) is 3.96. The van der Waals surface area contributed by atoms with E-state index in [9.17, 15) is 18.8 Å². The number of pyridine rings is 1. The number of nitrogens with zero attached hydrogens (tertiary/aromatic N) is 3. The molecule has 0 radical (unpaired) electrons. The highest BCUT2D eigenvalue weighted by molar-refractivity contribution is 6.16. The Balaban J connectivity index is 1.23. The molecule has 3 aromatic carbocycles. The highest BCUT2D eigenvalue weighted by atomic mass is 19.1. The van der Waals surface area contributed by atoms with Gasteiger partial charge in [0.1, 0.15) is 34.1 Å². The molecule has 0 bridgehead atoms. The van der Waals surface area contributed by atoms with Gasteiger partial charge in [-0.15, -0.1) is 0 Å². The lowest BCUT2D eigenvalue weighted by Crippen LogP contribution is -2.41. The van der Waals surface area contributed by atoms with Crippen LogP contribution in [0.4, 0.5) is 21.5 Å². The van der Waals surface area contributed by atoms with Crippen molar-refractivity contribution in [3.63, 3.8) is 0 Å². The number of aromatic nitrogens is 2. The average Bonchev–Trinajstić information content (AvgIpc) is 3.71. The van der Waals surface area contributed by atoms with Crippen LogP contribution in [-0.4, -0.2) is 46.7 Å². The van der Waals surface area contributed by atoms with Gasteiger partial charge in [0.05, 0.1) is 5.39 Å². The number of aromatic amines is 1. The topological polar surface area (TPSA) is 134 Å². The molecule has 2 aromatic heterocycles. The number of H-pyrrole nitrogens is 1. The van der Waals surface area contributed by atoms with Crippen molar-refractivity contribution >= 4 is 45.8 Å². The number of anilines is 3. The summed E-state index contributed by atoms with van der Waals surface area (Å²) in [5.41, 5.74) is 7.72. The van der Waals surface area contributed by atoms with E-state index in [1.807, 2.05) is 43.3 Å². The van der Waals surface area contributed by atoms with Gasteiger partial charge in [0, 0.05) is 29.8 Å². The zero-order valence-corrected chi connectivity index (χ0v) is 24.7. The van der Waals surface area contributed by atoms with Crippen LogP contribution < -0.4 is 20.7 Å². The molecule has 1 aliphatic carbocycles. The monoisotopic (exact) mass is 606 g/mol. The number of amides is 3. The average molecular weight is 607 g/mol. The Hall–Kier alpha value is -5.55. The second-order valence-corrected chi connectivity index (χ2v) is 11.3. The minimum absolute atomic E-state index is 0.318. The maximum absolute atomic E-state index is 13.7. The zero-order valence-electron chi connectivity index (χ0n) is 24.7. The van der Waals surface area contributed by atoms with Gasteiger partial charge in [-0.1, -0.05) is 12.1 Å². The van der Waals surface area contributed by atoms with Crippen molar-refractivity contribution in [3.05, 3.63) is 108 Å². The Morgan fingerprint density at radius 2 is 1.67 bits per heavy atom. The summed E-state index contributed by atoms with van der Waals surface area (Å²) in [5.74, 6) is -0.992. The Morgan fingerprint density at radius 1 is 0.978 bits per heavy atom. The smallest absolute Gasteiger partial charge is 0.272 e. The van der Waals surface area contributed by atoms with Crippen molar-refractivity contribution in [2.24, 2.45) is 11.1 Å². The zero-order chi connectivity index (χ0) is 31.7. The van der Waals surface area contributed by atoms with Gasteiger partial charge in [-0.05, 0) is 105 Å². The second-order valence-electron chi connectivity index (χ2n) is 11.3. The van der Waals surface area contributed by atoms with Gasteiger partial charge in [-0.2, -0.15) is 0 Å². The van der Waals surface area contributed by atoms with Crippen LogP contribution in [0.2, 0.25) is 0 Å². The van der Waals surface area contributed by atoms with E-state index in [1.165, 1.54) is 29.2 Å². The van der Waals surface area contributed by atoms with Crippen LogP contribution >= 0.6 is 0 Å². The number of hydrogen-bond acceptors (Lipinski definition) is 6. The van der Waals surface area contributed by atoms with E-state index in [1.54, 1.807) is 42.6 Å². The Bertz CT molecular complexity index is 1900. The second kappa shape index (κ2) is 11.9. The van der Waals surface area contributed by atoms with Crippen LogP contribution in [0.5, 0.6) is 11.5 Å². The van der Waals surface area contributed by atoms with Crippen LogP contribution in [0.1, 0.15) is 28.9 Å². The number of carbonyl (C=O) groups is 3. The first-order chi connectivity index (χ1) is 21.6. The molecule has 10 nitrogen and oxygen atoms in total. The number of ether oxygens (including phenoxy) is 1. The molecule has 0 spiro atoms. The van der Waals surface area contributed by atoms with Crippen molar-refractivity contribution in [2.45, 2.75) is 19.4 Å². The molecule has 3 amide bonds. The van der Waals surface area contributed by atoms with Gasteiger partial charge in [-0.3, -0.25) is 19.3 Å². The Morgan fingerprint density at radius 3 is 2.31 bits per heavy atom. The number of fused-ring (bicyclic) bond motifs is 1. The fourth-order valence-corrected chi connectivity index (χ4v) is 5.19. The van der Waals surface area contributed by atoms with Gasteiger partial charge in [0.25, 0.3) is 5.91 Å². The van der Waals surface area contributed by atoms with Gasteiger partial charge < -0.3 is 25.7 Å². The first-order valence-corrected chi connectivity index (χ1v) is 14.3. The van der Waals surface area contributed by atoms with Gasteiger partial charge in [-0.25, -0.2) is 9.37 Å². The van der Waals surface area contributed by atoms with E-state index < -0.39 is 23.0 Å². The number of hydrogen-bond donors (Lipinski definition) is 3. The van der Waals surface area contributed by atoms with E-state index in [0.717, 1.165) is 12.1 Å². The molecule has 0 atom stereocenters. The van der Waals surface area contributed by atoms with E-state index in [0.29, 0.717) is 58.1 Å². The van der Waals surface area contributed by atoms with Crippen molar-refractivity contribution in [2.75, 3.05) is 24.3 Å². The van der Waals surface area contributed by atoms with Crippen molar-refractivity contribution in [1.82, 2.24) is 14.9 Å². The summed E-state index contributed by atoms with van der Waals surface area (Å²) < 4.78 is 19.8. The number of rotatable bonds is 10. The maximum Gasteiger partial charge on any atom is 0.272 e. The molecule has 45 heavy (non-hydrogen) atoms. The predicted molar refractivity (Wildman–Crippen MR) is 169 cm³/mol. The SMILES string of the molecule is CN(C)Cc1cccc(NC(=O)c2cc3c(Oc4ccc(N(C(=O)C5(C(N)=O)CC5)c5ccc(F)cc5)cc4)ccnc3[nH]2)c1. The fourth-order valence-electron chi connectivity index (χ4n) is 5.19. The third-order valence-electron chi connectivity index (χ3n) is 7.66. The van der Waals surface area contributed by atoms with Crippen molar-refractivity contribution in [3.8, 4) is 11.5 Å². The van der Waals surface area contributed by atoms with Gasteiger partial charge in [0.15, 0.2) is 0 Å². The molecule has 11 heteroatoms. The summed E-state index contributed by atoms with van der Waals surface area (Å²) in [4.78, 5) is 49.6. The summed E-state index contributed by atoms with van der Waals surface area (Å²) in [6.45, 7) is 0.746. The summed E-state index contributed by atoms with van der Waals surface area (Å²) in [6.07, 6.45) is 2.29. The third kappa shape index (κ3) is 6.11. The molecular formula is C34H31FN6O4. The molecule has 4 N–H and O–H groups in total. The lowest BCUT2D eigenvalue weighted by molar-refractivity contribution is -0.133. The minimum atomic E-state index is -1.28. The normalized spacial score (nSPS) is 13.4. The molecular weight excluding hydrogens is 575 g/mol. The van der Waals surface area contributed by atoms with Crippen LogP contribution in [0, 0.1) is 11.2 Å². The van der Waals surface area contributed by atoms with E-state index >= 15 is 0 Å². The van der Waals surface area contributed by atoms with Crippen LogP contribution in [-0.2, 0) is 16.1 Å². The maximum atomic E-state index is 13.7. The molecule has 1 fully saturated rings. The third-order valence-corrected chi connectivity index (χ3v) is 7.66. The number of halogens is 1. The lowest BCUT2D eigenvalue weighted by atomic mass is 10.0. The number of nitrogens with two attached hydrogens (primary N) is 1. The predicted octanol–water partition coefficient (Wildman–Crippen LogP) is 5.74. The van der Waals surface area contributed by atoms with Crippen LogP contribution in [0.3, 0.4) is 0 Å². The van der Waals surface area contributed by atoms with Crippen LogP contribution in [0.25, 0.3) is 11.0 Å². The molecule has 1 saturated carbocycles. The lowest BCUT2D eigenvalue weighted by Gasteiger charge is -2.26. The highest BCUT2D eigenvalue weighted by Gasteiger charge is 2.57. The summed E-state index contributed by atoms with van der Waals surface area (Å²) >= 11 is 0. The Kier molecular flexibility index (Phi) is 7.78. The summed E-state index contributed by atoms with van der Waals surface area (Å²) in [6, 6.07) is 23.2. The van der Waals surface area contributed by atoms with Crippen molar-refractivity contribution in [1.29, 1.82) is 0 Å². The van der Waals surface area contributed by atoms with E-state index in [2.05, 4.69) is 15.3 Å². The van der Waals surface area contributed by atoms with Gasteiger partial charge in [0.2, 0.25) is 11.8 Å². The molecule has 5 aromatic rings. The molecule has 6 rings (SSSR count). The van der Waals surface area contributed by atoms with Crippen LogP contribution in [0.15, 0.2) is 91.1 Å². The Labute approximate surface area is 258 Å². The largest absolute Gasteiger partial charge is 0.457 e. The van der Waals surface area contributed by atoms with Gasteiger partial charge >= 0.3 is 0 Å².